The number of ether oxygens (including phenoxy) is 2. The van der Waals surface area contributed by atoms with E-state index in [1.165, 1.54) is 0 Å². The Balaban J connectivity index is 1.46. The quantitative estimate of drug-likeness (QED) is 0.334. The number of hydrogen-bond donors (Lipinski definition) is 1. The molecule has 3 aromatic carbocycles. The lowest BCUT2D eigenvalue weighted by molar-refractivity contribution is -0.123. The van der Waals surface area contributed by atoms with Gasteiger partial charge in [-0.3, -0.25) is 19.3 Å². The topological polar surface area (TPSA) is 109 Å². The van der Waals surface area contributed by atoms with E-state index in [0.717, 1.165) is 16.7 Å². The molecule has 0 spiro atoms. The molecule has 8 nitrogen and oxygen atoms in total. The van der Waals surface area contributed by atoms with Crippen molar-refractivity contribution < 1.29 is 23.9 Å². The van der Waals surface area contributed by atoms with E-state index < -0.39 is 11.1 Å². The van der Waals surface area contributed by atoms with Crippen LogP contribution in [-0.4, -0.2) is 35.2 Å². The summed E-state index contributed by atoms with van der Waals surface area (Å²) in [6.07, 6.45) is 1.60. The van der Waals surface area contributed by atoms with E-state index in [-0.39, 0.29) is 24.0 Å². The molecule has 1 fully saturated rings. The van der Waals surface area contributed by atoms with Crippen molar-refractivity contribution in [3.05, 3.63) is 93.3 Å². The summed E-state index contributed by atoms with van der Waals surface area (Å²) in [5, 5.41) is 12.1. The first-order valence-electron chi connectivity index (χ1n) is 11.6. The predicted molar refractivity (Wildman–Crippen MR) is 146 cm³/mol. The Morgan fingerprint density at radius 3 is 2.66 bits per heavy atom. The van der Waals surface area contributed by atoms with E-state index in [4.69, 9.17) is 21.1 Å². The number of nitrogens with zero attached hydrogens (tertiary/aromatic N) is 2. The Bertz CT molecular complexity index is 1470. The largest absolute Gasteiger partial charge is 0.490 e. The van der Waals surface area contributed by atoms with Gasteiger partial charge in [-0.15, -0.1) is 0 Å². The van der Waals surface area contributed by atoms with Crippen LogP contribution in [0.1, 0.15) is 23.6 Å². The highest BCUT2D eigenvalue weighted by Gasteiger charge is 2.35. The van der Waals surface area contributed by atoms with Gasteiger partial charge in [0.25, 0.3) is 17.1 Å². The van der Waals surface area contributed by atoms with Crippen molar-refractivity contribution in [1.82, 2.24) is 4.90 Å². The molecule has 0 saturated carbocycles. The van der Waals surface area contributed by atoms with Crippen LogP contribution in [0.15, 0.2) is 71.6 Å². The van der Waals surface area contributed by atoms with Gasteiger partial charge in [-0.25, -0.2) is 0 Å². The van der Waals surface area contributed by atoms with Crippen LogP contribution in [0.25, 0.3) is 6.08 Å². The minimum atomic E-state index is -0.441. The zero-order chi connectivity index (χ0) is 27.1. The van der Waals surface area contributed by atoms with Crippen molar-refractivity contribution in [3.8, 4) is 17.6 Å². The Morgan fingerprint density at radius 2 is 1.89 bits per heavy atom. The summed E-state index contributed by atoms with van der Waals surface area (Å²) in [4.78, 5) is 39.2. The van der Waals surface area contributed by atoms with Gasteiger partial charge in [0, 0.05) is 10.7 Å². The molecular weight excluding hydrogens is 526 g/mol. The number of thioether (sulfide) groups is 1. The molecule has 0 aliphatic carbocycles. The average Bonchev–Trinajstić information content (AvgIpc) is 3.16. The molecule has 0 atom stereocenters. The molecule has 0 aromatic heterocycles. The van der Waals surface area contributed by atoms with Crippen LogP contribution < -0.4 is 14.8 Å². The second-order valence-corrected chi connectivity index (χ2v) is 9.45. The second kappa shape index (κ2) is 12.3. The summed E-state index contributed by atoms with van der Waals surface area (Å²) in [7, 11) is 0. The minimum absolute atomic E-state index is 0.0139. The summed E-state index contributed by atoms with van der Waals surface area (Å²) in [5.41, 5.74) is 2.18. The van der Waals surface area contributed by atoms with Crippen LogP contribution in [0.2, 0.25) is 5.02 Å². The van der Waals surface area contributed by atoms with E-state index in [0.29, 0.717) is 45.5 Å². The van der Waals surface area contributed by atoms with E-state index in [1.54, 1.807) is 72.8 Å². The smallest absolute Gasteiger partial charge is 0.293 e. The summed E-state index contributed by atoms with van der Waals surface area (Å²) >= 11 is 6.78. The van der Waals surface area contributed by atoms with Crippen molar-refractivity contribution in [2.24, 2.45) is 0 Å². The SMILES string of the molecule is CCOc1cc(/C=C2/SC(=O)N(Cc3ccccc3C#N)C2=O)ccc1OCC(=O)Nc1cccc(Cl)c1. The first-order valence-corrected chi connectivity index (χ1v) is 12.8. The third kappa shape index (κ3) is 6.54. The molecule has 1 N–H and O–H groups in total. The average molecular weight is 548 g/mol. The van der Waals surface area contributed by atoms with Gasteiger partial charge >= 0.3 is 0 Å². The molecule has 0 unspecified atom stereocenters. The maximum Gasteiger partial charge on any atom is 0.293 e. The first-order chi connectivity index (χ1) is 18.4. The molecule has 1 aliphatic rings. The molecule has 0 radical (unpaired) electrons. The van der Waals surface area contributed by atoms with Crippen LogP contribution in [0.5, 0.6) is 11.5 Å². The molecule has 4 rings (SSSR count). The van der Waals surface area contributed by atoms with Gasteiger partial charge in [0.1, 0.15) is 0 Å². The summed E-state index contributed by atoms with van der Waals surface area (Å²) in [6, 6.07) is 20.7. The van der Waals surface area contributed by atoms with Gasteiger partial charge in [0.2, 0.25) is 0 Å². The fourth-order valence-corrected chi connectivity index (χ4v) is 4.66. The molecule has 1 heterocycles. The lowest BCUT2D eigenvalue weighted by Gasteiger charge is -2.13. The van der Waals surface area contributed by atoms with Crippen molar-refractivity contribution in [1.29, 1.82) is 5.26 Å². The minimum Gasteiger partial charge on any atom is -0.490 e. The van der Waals surface area contributed by atoms with Crippen molar-refractivity contribution in [3.63, 3.8) is 0 Å². The van der Waals surface area contributed by atoms with Crippen LogP contribution in [-0.2, 0) is 16.1 Å². The van der Waals surface area contributed by atoms with Crippen LogP contribution in [0.4, 0.5) is 10.5 Å². The molecule has 1 aliphatic heterocycles. The molecule has 3 amide bonds. The van der Waals surface area contributed by atoms with Crippen LogP contribution >= 0.6 is 23.4 Å². The number of hydrogen-bond acceptors (Lipinski definition) is 7. The zero-order valence-electron chi connectivity index (χ0n) is 20.3. The van der Waals surface area contributed by atoms with E-state index in [1.807, 2.05) is 6.92 Å². The number of nitrogens with one attached hydrogen (secondary N) is 1. The van der Waals surface area contributed by atoms with Crippen LogP contribution in [0, 0.1) is 11.3 Å². The number of anilines is 1. The van der Waals surface area contributed by atoms with Crippen molar-refractivity contribution in [2.75, 3.05) is 18.5 Å². The highest BCUT2D eigenvalue weighted by Crippen LogP contribution is 2.35. The maximum absolute atomic E-state index is 13.0. The monoisotopic (exact) mass is 547 g/mol. The Labute approximate surface area is 228 Å². The predicted octanol–water partition coefficient (Wildman–Crippen LogP) is 5.86. The number of nitriles is 1. The van der Waals surface area contributed by atoms with Gasteiger partial charge < -0.3 is 14.8 Å². The molecule has 3 aromatic rings. The third-order valence-electron chi connectivity index (χ3n) is 5.37. The normalized spacial score (nSPS) is 13.9. The fraction of sp³-hybridized carbons (Fsp3) is 0.143. The fourth-order valence-electron chi connectivity index (χ4n) is 3.63. The van der Waals surface area contributed by atoms with E-state index in [9.17, 15) is 19.6 Å². The summed E-state index contributed by atoms with van der Waals surface area (Å²) in [6.45, 7) is 1.92. The molecule has 10 heteroatoms. The lowest BCUT2D eigenvalue weighted by atomic mass is 10.1. The highest BCUT2D eigenvalue weighted by atomic mass is 35.5. The van der Waals surface area contributed by atoms with E-state index in [2.05, 4.69) is 11.4 Å². The van der Waals surface area contributed by atoms with Crippen molar-refractivity contribution >= 4 is 52.2 Å². The van der Waals surface area contributed by atoms with Crippen LogP contribution in [0.3, 0.4) is 0 Å². The first kappa shape index (κ1) is 26.8. The number of halogens is 1. The Morgan fingerprint density at radius 1 is 1.08 bits per heavy atom. The molecule has 1 saturated heterocycles. The van der Waals surface area contributed by atoms with Gasteiger partial charge in [-0.05, 0) is 72.3 Å². The molecule has 38 heavy (non-hydrogen) atoms. The standard InChI is InChI=1S/C28H22ClN3O5S/c1-2-36-24-12-18(10-11-23(24)37-17-26(33)31-22-9-5-8-21(29)14-22)13-25-27(34)32(28(35)38-25)16-20-7-4-3-6-19(20)15-30/h3-14H,2,16-17H2,1H3,(H,31,33)/b25-13+. The number of imide groups is 1. The molecular formula is C28H22ClN3O5S. The number of carbonyl (C=O) groups excluding carboxylic acids is 3. The van der Waals surface area contributed by atoms with Gasteiger partial charge in [0.15, 0.2) is 18.1 Å². The van der Waals surface area contributed by atoms with Crippen molar-refractivity contribution in [2.45, 2.75) is 13.5 Å². The van der Waals surface area contributed by atoms with E-state index >= 15 is 0 Å². The number of benzene rings is 3. The number of rotatable bonds is 9. The van der Waals surface area contributed by atoms with Gasteiger partial charge in [-0.2, -0.15) is 5.26 Å². The maximum atomic E-state index is 13.0. The number of carbonyl (C=O) groups is 3. The highest BCUT2D eigenvalue weighted by molar-refractivity contribution is 8.18. The Kier molecular flexibility index (Phi) is 8.69. The molecule has 192 valence electrons. The molecule has 0 bridgehead atoms. The van der Waals surface area contributed by atoms with Gasteiger partial charge in [0.05, 0.1) is 29.7 Å². The Hall–Kier alpha value is -4.26. The third-order valence-corrected chi connectivity index (χ3v) is 6.51. The zero-order valence-corrected chi connectivity index (χ0v) is 21.8. The number of amides is 3. The van der Waals surface area contributed by atoms with Gasteiger partial charge in [-0.1, -0.05) is 41.9 Å². The lowest BCUT2D eigenvalue weighted by Crippen LogP contribution is -2.27. The summed E-state index contributed by atoms with van der Waals surface area (Å²) in [5.74, 6) is -0.0698. The summed E-state index contributed by atoms with van der Waals surface area (Å²) < 4.78 is 11.3. The second-order valence-electron chi connectivity index (χ2n) is 8.02.